The molecule has 10 heteroatoms. The number of hydrogen-bond acceptors (Lipinski definition) is 7. The summed E-state index contributed by atoms with van der Waals surface area (Å²) in [6.45, 7) is 6.86. The van der Waals surface area contributed by atoms with E-state index in [1.54, 1.807) is 17.2 Å². The van der Waals surface area contributed by atoms with Crippen molar-refractivity contribution in [3.63, 3.8) is 0 Å². The number of fused-ring (bicyclic) bond motifs is 2. The van der Waals surface area contributed by atoms with Gasteiger partial charge in [-0.15, -0.1) is 0 Å². The summed E-state index contributed by atoms with van der Waals surface area (Å²) in [6.07, 6.45) is 1.52. The highest BCUT2D eigenvalue weighted by molar-refractivity contribution is 5.92. The van der Waals surface area contributed by atoms with Gasteiger partial charge in [0.1, 0.15) is 23.9 Å². The Morgan fingerprint density at radius 3 is 2.88 bits per heavy atom. The van der Waals surface area contributed by atoms with E-state index in [1.807, 2.05) is 30.5 Å². The SMILES string of the molecule is Cc1cc(N)nc(C)c1CNC(=O)c1cn2c(n1)CNc1cc(CN3CCOC3=O)ccc1C2. The van der Waals surface area contributed by atoms with Crippen LogP contribution in [-0.2, 0) is 30.9 Å². The number of ether oxygens (including phenoxy) is 1. The summed E-state index contributed by atoms with van der Waals surface area (Å²) in [4.78, 5) is 35.1. The van der Waals surface area contributed by atoms with Gasteiger partial charge in [-0.05, 0) is 48.2 Å². The van der Waals surface area contributed by atoms with E-state index in [1.165, 1.54) is 0 Å². The summed E-state index contributed by atoms with van der Waals surface area (Å²) < 4.78 is 7.00. The number of aromatic nitrogens is 3. The van der Waals surface area contributed by atoms with Crippen LogP contribution < -0.4 is 16.4 Å². The topological polar surface area (TPSA) is 127 Å². The molecular formula is C24H27N7O3. The molecule has 0 atom stereocenters. The first kappa shape index (κ1) is 21.7. The predicted molar refractivity (Wildman–Crippen MR) is 126 cm³/mol. The standard InChI is InChI=1S/C24H27N7O3/c1-14-7-21(25)28-15(2)18(14)9-27-23(32)20-13-31-12-17-4-3-16(11-30-5-6-34-24(30)33)8-19(17)26-10-22(31)29-20/h3-4,7-8,13,26H,5-6,9-12H2,1-2H3,(H2,25,28)(H,27,32). The maximum atomic E-state index is 12.8. The average molecular weight is 462 g/mol. The molecule has 5 rings (SSSR count). The smallest absolute Gasteiger partial charge is 0.410 e. The monoisotopic (exact) mass is 461 g/mol. The van der Waals surface area contributed by atoms with Crippen LogP contribution >= 0.6 is 0 Å². The van der Waals surface area contributed by atoms with Crippen LogP contribution in [0.3, 0.4) is 0 Å². The van der Waals surface area contributed by atoms with Crippen LogP contribution in [0.25, 0.3) is 0 Å². The van der Waals surface area contributed by atoms with Gasteiger partial charge < -0.3 is 30.6 Å². The summed E-state index contributed by atoms with van der Waals surface area (Å²) >= 11 is 0. The normalized spacial score (nSPS) is 14.6. The average Bonchev–Trinajstić information content (AvgIpc) is 3.34. The lowest BCUT2D eigenvalue weighted by molar-refractivity contribution is 0.0946. The lowest BCUT2D eigenvalue weighted by Crippen LogP contribution is -2.24. The molecule has 4 heterocycles. The number of nitrogen functional groups attached to an aromatic ring is 1. The van der Waals surface area contributed by atoms with Crippen LogP contribution in [0.5, 0.6) is 0 Å². The molecule has 2 amide bonds. The molecule has 0 aliphatic carbocycles. The number of aryl methyl sites for hydroxylation is 2. The Kier molecular flexibility index (Phi) is 5.56. The highest BCUT2D eigenvalue weighted by Gasteiger charge is 2.23. The van der Waals surface area contributed by atoms with Gasteiger partial charge in [-0.1, -0.05) is 12.1 Å². The molecule has 34 heavy (non-hydrogen) atoms. The number of cyclic esters (lactones) is 1. The van der Waals surface area contributed by atoms with Crippen molar-refractivity contribution in [2.45, 2.75) is 40.0 Å². The molecule has 10 nitrogen and oxygen atoms in total. The minimum Gasteiger partial charge on any atom is -0.448 e. The van der Waals surface area contributed by atoms with Gasteiger partial charge in [0.05, 0.1) is 19.6 Å². The number of imidazole rings is 1. The number of nitrogens with zero attached hydrogens (tertiary/aromatic N) is 4. The van der Waals surface area contributed by atoms with E-state index in [0.717, 1.165) is 39.5 Å². The summed E-state index contributed by atoms with van der Waals surface area (Å²) in [5.74, 6) is 1.03. The van der Waals surface area contributed by atoms with Gasteiger partial charge in [0.25, 0.3) is 5.91 Å². The molecule has 2 aromatic heterocycles. The van der Waals surface area contributed by atoms with Crippen LogP contribution in [0, 0.1) is 13.8 Å². The molecule has 1 fully saturated rings. The Balaban J connectivity index is 1.27. The number of hydrogen-bond donors (Lipinski definition) is 3. The van der Waals surface area contributed by atoms with Crippen molar-refractivity contribution < 1.29 is 14.3 Å². The van der Waals surface area contributed by atoms with E-state index in [0.29, 0.717) is 50.8 Å². The number of rotatable bonds is 5. The second-order valence-electron chi connectivity index (χ2n) is 8.66. The molecule has 1 aromatic carbocycles. The molecular weight excluding hydrogens is 434 g/mol. The van der Waals surface area contributed by atoms with Crippen molar-refractivity contribution in [3.05, 3.63) is 69.9 Å². The van der Waals surface area contributed by atoms with E-state index in [2.05, 4.69) is 26.7 Å². The molecule has 0 bridgehead atoms. The Morgan fingerprint density at radius 1 is 1.26 bits per heavy atom. The molecule has 0 spiro atoms. The van der Waals surface area contributed by atoms with E-state index in [9.17, 15) is 9.59 Å². The fourth-order valence-corrected chi connectivity index (χ4v) is 4.43. The number of nitrogens with one attached hydrogen (secondary N) is 2. The van der Waals surface area contributed by atoms with Crippen molar-refractivity contribution in [1.82, 2.24) is 24.8 Å². The zero-order valence-electron chi connectivity index (χ0n) is 19.2. The molecule has 3 aromatic rings. The Morgan fingerprint density at radius 2 is 2.12 bits per heavy atom. The molecule has 1 saturated heterocycles. The first-order valence-corrected chi connectivity index (χ1v) is 11.2. The van der Waals surface area contributed by atoms with Crippen molar-refractivity contribution in [2.75, 3.05) is 24.2 Å². The molecule has 176 valence electrons. The lowest BCUT2D eigenvalue weighted by atomic mass is 10.1. The zero-order valence-corrected chi connectivity index (χ0v) is 19.2. The van der Waals surface area contributed by atoms with Crippen molar-refractivity contribution in [1.29, 1.82) is 0 Å². The van der Waals surface area contributed by atoms with Gasteiger partial charge in [-0.3, -0.25) is 4.79 Å². The van der Waals surface area contributed by atoms with E-state index < -0.39 is 0 Å². The number of pyridine rings is 1. The zero-order chi connectivity index (χ0) is 23.8. The van der Waals surface area contributed by atoms with Crippen molar-refractivity contribution >= 4 is 23.5 Å². The second-order valence-corrected chi connectivity index (χ2v) is 8.66. The Labute approximate surface area is 197 Å². The maximum absolute atomic E-state index is 12.8. The third kappa shape index (κ3) is 4.26. The first-order chi connectivity index (χ1) is 16.4. The number of anilines is 2. The lowest BCUT2D eigenvalue weighted by Gasteiger charge is -2.15. The number of nitrogens with two attached hydrogens (primary N) is 1. The van der Waals surface area contributed by atoms with Gasteiger partial charge in [0, 0.05) is 30.7 Å². The van der Waals surface area contributed by atoms with E-state index in [4.69, 9.17) is 10.5 Å². The summed E-state index contributed by atoms with van der Waals surface area (Å²) in [5.41, 5.74) is 12.1. The van der Waals surface area contributed by atoms with Gasteiger partial charge in [0.15, 0.2) is 0 Å². The molecule has 4 N–H and O–H groups in total. The van der Waals surface area contributed by atoms with Crippen LogP contribution in [0.15, 0.2) is 30.5 Å². The van der Waals surface area contributed by atoms with Crippen LogP contribution in [0.1, 0.15) is 44.3 Å². The predicted octanol–water partition coefficient (Wildman–Crippen LogP) is 2.33. The quantitative estimate of drug-likeness (QED) is 0.532. The number of benzene rings is 1. The van der Waals surface area contributed by atoms with Crippen molar-refractivity contribution in [2.24, 2.45) is 0 Å². The largest absolute Gasteiger partial charge is 0.448 e. The fourth-order valence-electron chi connectivity index (χ4n) is 4.43. The van der Waals surface area contributed by atoms with E-state index >= 15 is 0 Å². The second kappa shape index (κ2) is 8.69. The molecule has 0 radical (unpaired) electrons. The summed E-state index contributed by atoms with van der Waals surface area (Å²) in [6, 6.07) is 7.94. The number of amides is 2. The third-order valence-corrected chi connectivity index (χ3v) is 6.26. The molecule has 2 aliphatic heterocycles. The van der Waals surface area contributed by atoms with Gasteiger partial charge in [-0.25, -0.2) is 14.8 Å². The third-order valence-electron chi connectivity index (χ3n) is 6.26. The molecule has 0 saturated carbocycles. The Bertz CT molecular complexity index is 1260. The maximum Gasteiger partial charge on any atom is 0.410 e. The van der Waals surface area contributed by atoms with Gasteiger partial charge in [0.2, 0.25) is 0 Å². The highest BCUT2D eigenvalue weighted by atomic mass is 16.6. The summed E-state index contributed by atoms with van der Waals surface area (Å²) in [5, 5.41) is 6.37. The Hall–Kier alpha value is -4.08. The fraction of sp³-hybridized carbons (Fsp3) is 0.333. The summed E-state index contributed by atoms with van der Waals surface area (Å²) in [7, 11) is 0. The van der Waals surface area contributed by atoms with Crippen LogP contribution in [-0.4, -0.2) is 44.6 Å². The van der Waals surface area contributed by atoms with Gasteiger partial charge >= 0.3 is 6.09 Å². The molecule has 2 aliphatic rings. The van der Waals surface area contributed by atoms with E-state index in [-0.39, 0.29) is 12.0 Å². The number of carbonyl (C=O) groups is 2. The highest BCUT2D eigenvalue weighted by Crippen LogP contribution is 2.25. The van der Waals surface area contributed by atoms with Crippen molar-refractivity contribution in [3.8, 4) is 0 Å². The van der Waals surface area contributed by atoms with Crippen LogP contribution in [0.4, 0.5) is 16.3 Å². The van der Waals surface area contributed by atoms with Crippen LogP contribution in [0.2, 0.25) is 0 Å². The first-order valence-electron chi connectivity index (χ1n) is 11.2. The number of carbonyl (C=O) groups excluding carboxylic acids is 2. The van der Waals surface area contributed by atoms with Gasteiger partial charge in [-0.2, -0.15) is 0 Å². The minimum absolute atomic E-state index is 0.232. The minimum atomic E-state index is -0.271. The molecule has 0 unspecified atom stereocenters.